The van der Waals surface area contributed by atoms with Crippen molar-refractivity contribution < 1.29 is 17.5 Å². The molecule has 0 bridgehead atoms. The highest BCUT2D eigenvalue weighted by Crippen LogP contribution is 2.16. The van der Waals surface area contributed by atoms with E-state index >= 15 is 0 Å². The maximum Gasteiger partial charge on any atom is 0.215 e. The summed E-state index contributed by atoms with van der Waals surface area (Å²) in [6, 6.07) is 6.21. The summed E-state index contributed by atoms with van der Waals surface area (Å²) in [5, 5.41) is 6.07. The summed E-state index contributed by atoms with van der Waals surface area (Å²) in [4.78, 5) is 4.38. The van der Waals surface area contributed by atoms with Crippen molar-refractivity contribution in [1.82, 2.24) is 14.9 Å². The molecule has 2 N–H and O–H groups in total. The number of guanidine groups is 1. The van der Waals surface area contributed by atoms with E-state index in [4.69, 9.17) is 4.74 Å². The number of hydrogen-bond donors (Lipinski definition) is 2. The lowest BCUT2D eigenvalue weighted by Gasteiger charge is -2.19. The van der Waals surface area contributed by atoms with Crippen molar-refractivity contribution in [3.63, 3.8) is 0 Å². The molecule has 154 valence electrons. The fraction of sp³-hybridized carbons (Fsp3) is 0.611. The average Bonchev–Trinajstić information content (AvgIpc) is 2.62. The van der Waals surface area contributed by atoms with Gasteiger partial charge in [-0.2, -0.15) is 0 Å². The molecule has 0 radical (unpaired) electrons. The van der Waals surface area contributed by atoms with Crippen molar-refractivity contribution in [2.75, 3.05) is 38.5 Å². The molecule has 0 aliphatic rings. The van der Waals surface area contributed by atoms with Crippen LogP contribution in [0, 0.1) is 5.82 Å². The van der Waals surface area contributed by atoms with Gasteiger partial charge < -0.3 is 15.4 Å². The molecule has 0 spiro atoms. The molecule has 1 rings (SSSR count). The van der Waals surface area contributed by atoms with Crippen molar-refractivity contribution >= 4 is 16.0 Å². The normalized spacial score (nSPS) is 13.5. The Balaban J connectivity index is 2.58. The highest BCUT2D eigenvalue weighted by Gasteiger charge is 2.18. The Morgan fingerprint density at radius 1 is 1.22 bits per heavy atom. The number of nitrogens with zero attached hydrogens (tertiary/aromatic N) is 2. The first-order valence-electron chi connectivity index (χ1n) is 9.25. The number of halogens is 1. The zero-order valence-electron chi connectivity index (χ0n) is 16.5. The summed E-state index contributed by atoms with van der Waals surface area (Å²) >= 11 is 0. The average molecular weight is 403 g/mol. The number of benzene rings is 1. The van der Waals surface area contributed by atoms with E-state index in [0.717, 1.165) is 0 Å². The summed E-state index contributed by atoms with van der Waals surface area (Å²) in [5.74, 6) is 0.250. The summed E-state index contributed by atoms with van der Waals surface area (Å²) < 4.78 is 45.0. The molecular formula is C18H31FN4O3S. The predicted octanol–water partition coefficient (Wildman–Crippen LogP) is 1.82. The number of hydrogen-bond acceptors (Lipinski definition) is 4. The zero-order valence-corrected chi connectivity index (χ0v) is 17.4. The lowest BCUT2D eigenvalue weighted by atomic mass is 10.3. The van der Waals surface area contributed by atoms with E-state index < -0.39 is 15.8 Å². The molecule has 0 saturated carbocycles. The highest BCUT2D eigenvalue weighted by atomic mass is 32.2. The lowest BCUT2D eigenvalue weighted by Crippen LogP contribution is -2.42. The first-order chi connectivity index (χ1) is 12.8. The standard InChI is InChI=1S/C18H31FN4O3S/c1-5-20-18(21-12-13-27(24,25)23(6-2)7-3)22-14-15(4)26-17-11-9-8-10-16(17)19/h8-11,15H,5-7,12-14H2,1-4H3,(H2,20,21,22). The van der Waals surface area contributed by atoms with Crippen LogP contribution in [0.5, 0.6) is 5.75 Å². The zero-order chi connectivity index (χ0) is 20.3. The van der Waals surface area contributed by atoms with Crippen molar-refractivity contribution in [3.8, 4) is 5.75 Å². The van der Waals surface area contributed by atoms with Crippen molar-refractivity contribution in [2.24, 2.45) is 4.99 Å². The van der Waals surface area contributed by atoms with Gasteiger partial charge in [-0.3, -0.25) is 0 Å². The monoisotopic (exact) mass is 402 g/mol. The van der Waals surface area contributed by atoms with Gasteiger partial charge in [-0.1, -0.05) is 26.0 Å². The van der Waals surface area contributed by atoms with Gasteiger partial charge in [0.15, 0.2) is 17.5 Å². The van der Waals surface area contributed by atoms with Crippen LogP contribution in [-0.2, 0) is 10.0 Å². The Labute approximate surface area is 162 Å². The van der Waals surface area contributed by atoms with Gasteiger partial charge in [0.1, 0.15) is 6.10 Å². The minimum Gasteiger partial charge on any atom is -0.486 e. The fourth-order valence-corrected chi connectivity index (χ4v) is 3.81. The molecule has 0 aliphatic heterocycles. The Kier molecular flexibility index (Phi) is 10.1. The van der Waals surface area contributed by atoms with Gasteiger partial charge in [0.05, 0.1) is 12.3 Å². The Hall–Kier alpha value is -1.87. The Morgan fingerprint density at radius 3 is 2.48 bits per heavy atom. The van der Waals surface area contributed by atoms with Gasteiger partial charge in [-0.15, -0.1) is 0 Å². The van der Waals surface area contributed by atoms with Gasteiger partial charge in [0.2, 0.25) is 10.0 Å². The Morgan fingerprint density at radius 2 is 1.89 bits per heavy atom. The first kappa shape index (κ1) is 23.2. The maximum absolute atomic E-state index is 13.6. The van der Waals surface area contributed by atoms with E-state index in [1.807, 2.05) is 20.8 Å². The van der Waals surface area contributed by atoms with Gasteiger partial charge in [0.25, 0.3) is 0 Å². The first-order valence-corrected chi connectivity index (χ1v) is 10.9. The number of ether oxygens (including phenoxy) is 1. The van der Waals surface area contributed by atoms with Crippen LogP contribution in [0.4, 0.5) is 4.39 Å². The molecule has 1 unspecified atom stereocenters. The topological polar surface area (TPSA) is 83.0 Å². The summed E-state index contributed by atoms with van der Waals surface area (Å²) in [6.07, 6.45) is -0.336. The third kappa shape index (κ3) is 8.13. The van der Waals surface area contributed by atoms with E-state index in [9.17, 15) is 12.8 Å². The van der Waals surface area contributed by atoms with E-state index in [1.165, 1.54) is 10.4 Å². The van der Waals surface area contributed by atoms with Crippen LogP contribution < -0.4 is 15.4 Å². The van der Waals surface area contributed by atoms with E-state index in [0.29, 0.717) is 32.1 Å². The van der Waals surface area contributed by atoms with Crippen LogP contribution >= 0.6 is 0 Å². The molecule has 0 aromatic heterocycles. The fourth-order valence-electron chi connectivity index (χ4n) is 2.40. The SMILES string of the molecule is CCNC(=NCC(C)Oc1ccccc1F)NCCS(=O)(=O)N(CC)CC. The molecule has 1 aromatic rings. The number of rotatable bonds is 11. The minimum atomic E-state index is -3.29. The number of para-hydroxylation sites is 1. The van der Waals surface area contributed by atoms with E-state index in [2.05, 4.69) is 15.6 Å². The number of sulfonamides is 1. The molecule has 0 fully saturated rings. The van der Waals surface area contributed by atoms with Crippen LogP contribution in [0.25, 0.3) is 0 Å². The largest absolute Gasteiger partial charge is 0.486 e. The second-order valence-corrected chi connectivity index (χ2v) is 7.99. The van der Waals surface area contributed by atoms with Crippen LogP contribution in [0.1, 0.15) is 27.7 Å². The van der Waals surface area contributed by atoms with Gasteiger partial charge in [0, 0.05) is 26.2 Å². The molecule has 0 saturated heterocycles. The molecular weight excluding hydrogens is 371 g/mol. The lowest BCUT2D eigenvalue weighted by molar-refractivity contribution is 0.220. The smallest absolute Gasteiger partial charge is 0.215 e. The maximum atomic E-state index is 13.6. The van der Waals surface area contributed by atoms with Crippen molar-refractivity contribution in [2.45, 2.75) is 33.8 Å². The molecule has 0 aliphatic carbocycles. The van der Waals surface area contributed by atoms with E-state index in [1.54, 1.807) is 25.1 Å². The third-order valence-corrected chi connectivity index (χ3v) is 5.79. The quantitative estimate of drug-likeness (QED) is 0.436. The number of nitrogens with one attached hydrogen (secondary N) is 2. The minimum absolute atomic E-state index is 0.0135. The van der Waals surface area contributed by atoms with Gasteiger partial charge >= 0.3 is 0 Å². The Bertz CT molecular complexity index is 694. The second-order valence-electron chi connectivity index (χ2n) is 5.91. The second kappa shape index (κ2) is 11.8. The van der Waals surface area contributed by atoms with Crippen molar-refractivity contribution in [3.05, 3.63) is 30.1 Å². The van der Waals surface area contributed by atoms with Gasteiger partial charge in [-0.05, 0) is 26.0 Å². The third-order valence-electron chi connectivity index (χ3n) is 3.77. The van der Waals surface area contributed by atoms with Crippen LogP contribution in [0.15, 0.2) is 29.3 Å². The van der Waals surface area contributed by atoms with Crippen molar-refractivity contribution in [1.29, 1.82) is 0 Å². The molecule has 27 heavy (non-hydrogen) atoms. The van der Waals surface area contributed by atoms with Crippen LogP contribution in [0.2, 0.25) is 0 Å². The van der Waals surface area contributed by atoms with Gasteiger partial charge in [-0.25, -0.2) is 22.1 Å². The molecule has 9 heteroatoms. The molecule has 7 nitrogen and oxygen atoms in total. The van der Waals surface area contributed by atoms with E-state index in [-0.39, 0.29) is 24.2 Å². The predicted molar refractivity (Wildman–Crippen MR) is 107 cm³/mol. The summed E-state index contributed by atoms with van der Waals surface area (Å²) in [7, 11) is -3.29. The highest BCUT2D eigenvalue weighted by molar-refractivity contribution is 7.89. The molecule has 1 aromatic carbocycles. The summed E-state index contributed by atoms with van der Waals surface area (Å²) in [5.41, 5.74) is 0. The summed E-state index contributed by atoms with van der Waals surface area (Å²) in [6.45, 7) is 9.44. The molecule has 0 amide bonds. The molecule has 1 atom stereocenters. The number of aliphatic imine (C=N–C) groups is 1. The van der Waals surface area contributed by atoms with Crippen LogP contribution in [0.3, 0.4) is 0 Å². The van der Waals surface area contributed by atoms with Crippen LogP contribution in [-0.4, -0.2) is 63.3 Å². The molecule has 0 heterocycles.